The van der Waals surface area contributed by atoms with Crippen molar-refractivity contribution in [1.82, 2.24) is 9.80 Å². The van der Waals surface area contributed by atoms with Gasteiger partial charge >= 0.3 is 0 Å². The van der Waals surface area contributed by atoms with Crippen molar-refractivity contribution < 1.29 is 23.9 Å². The number of carbonyl (C=O) groups is 3. The van der Waals surface area contributed by atoms with Crippen molar-refractivity contribution in [3.8, 4) is 17.6 Å². The molecule has 0 spiro atoms. The van der Waals surface area contributed by atoms with Crippen LogP contribution in [0, 0.1) is 11.3 Å². The second kappa shape index (κ2) is 12.1. The molecule has 0 aliphatic carbocycles. The predicted molar refractivity (Wildman–Crippen MR) is 163 cm³/mol. The molecule has 2 aliphatic heterocycles. The van der Waals surface area contributed by atoms with Gasteiger partial charge in [0.25, 0.3) is 5.91 Å². The SMILES string of the molecule is CC1CCN(C(Cc2cccc3ccccc23)C(N)=O)C(=O)C(c2cccc(C#N)c2)N1C(=O)Cc1ccc2c(c1)OCO2. The van der Waals surface area contributed by atoms with E-state index >= 15 is 0 Å². The van der Waals surface area contributed by atoms with Crippen molar-refractivity contribution in [2.75, 3.05) is 13.3 Å². The molecule has 9 nitrogen and oxygen atoms in total. The predicted octanol–water partition coefficient (Wildman–Crippen LogP) is 4.27. The molecule has 9 heteroatoms. The minimum absolute atomic E-state index is 0.0257. The Morgan fingerprint density at radius 2 is 1.77 bits per heavy atom. The van der Waals surface area contributed by atoms with Crippen LogP contribution in [0.1, 0.15) is 41.6 Å². The molecule has 4 aromatic carbocycles. The molecule has 4 aromatic rings. The Hall–Kier alpha value is -5.36. The number of rotatable bonds is 7. The second-order valence-corrected chi connectivity index (χ2v) is 11.2. The summed E-state index contributed by atoms with van der Waals surface area (Å²) in [5, 5.41) is 11.6. The van der Waals surface area contributed by atoms with Crippen LogP contribution in [0.15, 0.2) is 84.9 Å². The summed E-state index contributed by atoms with van der Waals surface area (Å²) in [6.07, 6.45) is 0.692. The molecule has 222 valence electrons. The maximum Gasteiger partial charge on any atom is 0.250 e. The fourth-order valence-corrected chi connectivity index (χ4v) is 6.25. The van der Waals surface area contributed by atoms with Gasteiger partial charge in [-0.3, -0.25) is 14.4 Å². The Kier molecular flexibility index (Phi) is 7.90. The third-order valence-electron chi connectivity index (χ3n) is 8.47. The molecule has 0 bridgehead atoms. The lowest BCUT2D eigenvalue weighted by atomic mass is 9.96. The normalized spacial score (nSPS) is 18.5. The highest BCUT2D eigenvalue weighted by atomic mass is 16.7. The highest BCUT2D eigenvalue weighted by molar-refractivity contribution is 5.94. The summed E-state index contributed by atoms with van der Waals surface area (Å²) in [4.78, 5) is 44.9. The Balaban J connectivity index is 1.38. The quantitative estimate of drug-likeness (QED) is 0.344. The van der Waals surface area contributed by atoms with Crippen molar-refractivity contribution in [2.45, 2.75) is 44.3 Å². The molecule has 0 radical (unpaired) electrons. The van der Waals surface area contributed by atoms with Gasteiger partial charge < -0.3 is 25.0 Å². The van der Waals surface area contributed by atoms with Gasteiger partial charge in [-0.25, -0.2) is 0 Å². The van der Waals surface area contributed by atoms with Crippen molar-refractivity contribution in [2.24, 2.45) is 5.73 Å². The van der Waals surface area contributed by atoms with Crippen LogP contribution in [0.5, 0.6) is 11.5 Å². The van der Waals surface area contributed by atoms with Crippen molar-refractivity contribution in [3.05, 3.63) is 107 Å². The maximum atomic E-state index is 14.6. The first kappa shape index (κ1) is 28.7. The molecule has 3 amide bonds. The monoisotopic (exact) mass is 588 g/mol. The smallest absolute Gasteiger partial charge is 0.250 e. The van der Waals surface area contributed by atoms with Gasteiger partial charge in [-0.1, -0.05) is 60.7 Å². The maximum absolute atomic E-state index is 14.6. The summed E-state index contributed by atoms with van der Waals surface area (Å²) in [7, 11) is 0. The zero-order valence-corrected chi connectivity index (χ0v) is 24.3. The van der Waals surface area contributed by atoms with Gasteiger partial charge in [0, 0.05) is 19.0 Å². The summed E-state index contributed by atoms with van der Waals surface area (Å²) >= 11 is 0. The molecule has 2 heterocycles. The van der Waals surface area contributed by atoms with Gasteiger partial charge in [0.1, 0.15) is 12.1 Å². The van der Waals surface area contributed by atoms with Crippen LogP contribution in [0.2, 0.25) is 0 Å². The lowest BCUT2D eigenvalue weighted by Gasteiger charge is -2.36. The topological polar surface area (TPSA) is 126 Å². The number of ether oxygens (including phenoxy) is 2. The van der Waals surface area contributed by atoms with Gasteiger partial charge in [-0.2, -0.15) is 5.26 Å². The lowest BCUT2D eigenvalue weighted by molar-refractivity contribution is -0.148. The van der Waals surface area contributed by atoms with Gasteiger partial charge in [-0.15, -0.1) is 0 Å². The minimum Gasteiger partial charge on any atom is -0.454 e. The van der Waals surface area contributed by atoms with Crippen molar-refractivity contribution in [3.63, 3.8) is 0 Å². The number of benzene rings is 4. The van der Waals surface area contributed by atoms with E-state index in [2.05, 4.69) is 6.07 Å². The van der Waals surface area contributed by atoms with Crippen LogP contribution in [0.4, 0.5) is 0 Å². The molecule has 44 heavy (non-hydrogen) atoms. The third kappa shape index (κ3) is 5.54. The van der Waals surface area contributed by atoms with Crippen LogP contribution >= 0.6 is 0 Å². The van der Waals surface area contributed by atoms with Gasteiger partial charge in [-0.05, 0) is 65.1 Å². The fraction of sp³-hybridized carbons (Fsp3) is 0.257. The van der Waals surface area contributed by atoms with Crippen LogP contribution in [-0.4, -0.2) is 52.9 Å². The molecular weight excluding hydrogens is 556 g/mol. The van der Waals surface area contributed by atoms with Crippen LogP contribution in [0.25, 0.3) is 10.8 Å². The number of hydrogen-bond acceptors (Lipinski definition) is 6. The summed E-state index contributed by atoms with van der Waals surface area (Å²) in [6, 6.07) is 25.6. The number of fused-ring (bicyclic) bond motifs is 2. The van der Waals surface area contributed by atoms with E-state index < -0.39 is 23.9 Å². The Bertz CT molecular complexity index is 1790. The Labute approximate surface area is 255 Å². The van der Waals surface area contributed by atoms with Crippen LogP contribution in [0.3, 0.4) is 0 Å². The number of nitrogens with zero attached hydrogens (tertiary/aromatic N) is 3. The van der Waals surface area contributed by atoms with E-state index in [4.69, 9.17) is 15.2 Å². The average Bonchev–Trinajstić information content (AvgIpc) is 3.46. The highest BCUT2D eigenvalue weighted by Gasteiger charge is 2.43. The molecule has 2 N–H and O–H groups in total. The first-order valence-electron chi connectivity index (χ1n) is 14.6. The van der Waals surface area contributed by atoms with Crippen LogP contribution < -0.4 is 15.2 Å². The molecule has 3 unspecified atom stereocenters. The first-order valence-corrected chi connectivity index (χ1v) is 14.6. The Morgan fingerprint density at radius 3 is 2.59 bits per heavy atom. The van der Waals surface area contributed by atoms with E-state index in [9.17, 15) is 19.6 Å². The summed E-state index contributed by atoms with van der Waals surface area (Å²) in [5.74, 6) is -0.109. The summed E-state index contributed by atoms with van der Waals surface area (Å²) in [5.41, 5.74) is 8.48. The number of amides is 3. The van der Waals surface area contributed by atoms with E-state index in [0.717, 1.165) is 21.9 Å². The van der Waals surface area contributed by atoms with Crippen molar-refractivity contribution >= 4 is 28.5 Å². The van der Waals surface area contributed by atoms with Crippen molar-refractivity contribution in [1.29, 1.82) is 5.26 Å². The zero-order chi connectivity index (χ0) is 30.8. The number of nitriles is 1. The lowest BCUT2D eigenvalue weighted by Crippen LogP contribution is -2.52. The number of carbonyl (C=O) groups excluding carboxylic acids is 3. The number of hydrogen-bond donors (Lipinski definition) is 1. The standard InChI is InChI=1S/C35H32N4O5/c1-22-14-15-38(29(34(37)41)19-26-9-5-8-25-7-2-3-11-28(25)26)35(42)33(27-10-4-6-24(16-27)20-36)39(22)32(40)18-23-12-13-30-31(17-23)44-21-43-30/h2-13,16-17,22,29,33H,14-15,18-19,21H2,1H3,(H2,37,41). The first-order chi connectivity index (χ1) is 21.3. The highest BCUT2D eigenvalue weighted by Crippen LogP contribution is 2.35. The van der Waals surface area contributed by atoms with E-state index in [-0.39, 0.29) is 38.1 Å². The van der Waals surface area contributed by atoms with E-state index in [0.29, 0.717) is 29.0 Å². The van der Waals surface area contributed by atoms with E-state index in [1.165, 1.54) is 4.90 Å². The number of nitrogens with two attached hydrogens (primary N) is 1. The van der Waals surface area contributed by atoms with E-state index in [1.807, 2.05) is 49.4 Å². The largest absolute Gasteiger partial charge is 0.454 e. The van der Waals surface area contributed by atoms with Gasteiger partial charge in [0.15, 0.2) is 11.5 Å². The third-order valence-corrected chi connectivity index (χ3v) is 8.47. The average molecular weight is 589 g/mol. The molecular formula is C35H32N4O5. The van der Waals surface area contributed by atoms with Gasteiger partial charge in [0.05, 0.1) is 18.1 Å². The molecule has 1 saturated heterocycles. The molecule has 0 aromatic heterocycles. The molecule has 2 aliphatic rings. The Morgan fingerprint density at radius 1 is 1.00 bits per heavy atom. The molecule has 3 atom stereocenters. The molecule has 1 fully saturated rings. The summed E-state index contributed by atoms with van der Waals surface area (Å²) < 4.78 is 10.9. The fourth-order valence-electron chi connectivity index (χ4n) is 6.25. The van der Waals surface area contributed by atoms with Crippen LogP contribution in [-0.2, 0) is 27.2 Å². The van der Waals surface area contributed by atoms with E-state index in [1.54, 1.807) is 47.4 Å². The molecule has 6 rings (SSSR count). The van der Waals surface area contributed by atoms with Gasteiger partial charge in [0.2, 0.25) is 18.6 Å². The second-order valence-electron chi connectivity index (χ2n) is 11.2. The molecule has 0 saturated carbocycles. The summed E-state index contributed by atoms with van der Waals surface area (Å²) in [6.45, 7) is 2.26. The minimum atomic E-state index is -1.06. The zero-order valence-electron chi connectivity index (χ0n) is 24.3. The number of primary amides is 1.